The summed E-state index contributed by atoms with van der Waals surface area (Å²) in [5.41, 5.74) is 3.82. The Morgan fingerprint density at radius 1 is 0.938 bits per heavy atom. The predicted molar refractivity (Wildman–Crippen MR) is 127 cm³/mol. The van der Waals surface area contributed by atoms with Crippen molar-refractivity contribution < 1.29 is 9.18 Å². The van der Waals surface area contributed by atoms with Crippen LogP contribution in [0.1, 0.15) is 15.9 Å². The van der Waals surface area contributed by atoms with E-state index in [1.54, 1.807) is 60.6 Å². The van der Waals surface area contributed by atoms with E-state index in [0.29, 0.717) is 23.6 Å². The zero-order valence-electron chi connectivity index (χ0n) is 17.4. The van der Waals surface area contributed by atoms with E-state index in [0.717, 1.165) is 16.8 Å². The zero-order valence-corrected chi connectivity index (χ0v) is 18.2. The van der Waals surface area contributed by atoms with Crippen molar-refractivity contribution in [3.05, 3.63) is 102 Å². The first-order valence-corrected chi connectivity index (χ1v) is 11.2. The van der Waals surface area contributed by atoms with Gasteiger partial charge in [0.25, 0.3) is 5.91 Å². The lowest BCUT2D eigenvalue weighted by molar-refractivity contribution is 0.0951. The molecule has 0 atom stereocenters. The molecule has 2 N–H and O–H groups in total. The highest BCUT2D eigenvalue weighted by Gasteiger charge is 2.07. The van der Waals surface area contributed by atoms with Gasteiger partial charge in [-0.3, -0.25) is 4.79 Å². The molecule has 7 heteroatoms. The van der Waals surface area contributed by atoms with Crippen LogP contribution >= 0.6 is 11.8 Å². The fourth-order valence-electron chi connectivity index (χ4n) is 3.07. The van der Waals surface area contributed by atoms with E-state index >= 15 is 0 Å². The van der Waals surface area contributed by atoms with Crippen LogP contribution in [0.3, 0.4) is 0 Å². The average molecular weight is 445 g/mol. The van der Waals surface area contributed by atoms with Crippen LogP contribution in [0.15, 0.2) is 90.1 Å². The van der Waals surface area contributed by atoms with Gasteiger partial charge in [-0.1, -0.05) is 24.3 Å². The lowest BCUT2D eigenvalue weighted by Crippen LogP contribution is -2.22. The number of benzene rings is 3. The molecule has 0 radical (unpaired) electrons. The maximum absolute atomic E-state index is 13.4. The molecular weight excluding hydrogens is 423 g/mol. The SMILES string of the molecule is CSc1ccc(CNC(=O)c2ccc(Nc3ncc(-c4cccc(F)c4)cn3)cc2)cc1. The normalized spacial score (nSPS) is 10.6. The molecule has 1 heterocycles. The van der Waals surface area contributed by atoms with Crippen molar-refractivity contribution in [3.8, 4) is 11.1 Å². The molecular formula is C25H21FN4OS. The van der Waals surface area contributed by atoms with Crippen LogP contribution in [0.2, 0.25) is 0 Å². The van der Waals surface area contributed by atoms with E-state index < -0.39 is 0 Å². The van der Waals surface area contributed by atoms with Gasteiger partial charge in [-0.2, -0.15) is 0 Å². The molecule has 0 saturated carbocycles. The summed E-state index contributed by atoms with van der Waals surface area (Å²) in [6.07, 6.45) is 5.30. The highest BCUT2D eigenvalue weighted by Crippen LogP contribution is 2.20. The summed E-state index contributed by atoms with van der Waals surface area (Å²) in [6.45, 7) is 0.471. The lowest BCUT2D eigenvalue weighted by Gasteiger charge is -2.08. The number of nitrogens with zero attached hydrogens (tertiary/aromatic N) is 2. The van der Waals surface area contributed by atoms with Crippen LogP contribution in [0, 0.1) is 5.82 Å². The van der Waals surface area contributed by atoms with Crippen LogP contribution < -0.4 is 10.6 Å². The Morgan fingerprint density at radius 3 is 2.31 bits per heavy atom. The van der Waals surface area contributed by atoms with Crippen molar-refractivity contribution in [2.24, 2.45) is 0 Å². The summed E-state index contributed by atoms with van der Waals surface area (Å²) >= 11 is 1.68. The maximum Gasteiger partial charge on any atom is 0.251 e. The van der Waals surface area contributed by atoms with Gasteiger partial charge in [0.05, 0.1) is 0 Å². The number of amides is 1. The molecule has 0 aliphatic carbocycles. The third-order valence-corrected chi connectivity index (χ3v) is 5.57. The molecule has 0 spiro atoms. The first kappa shape index (κ1) is 21.5. The molecule has 5 nitrogen and oxygen atoms in total. The van der Waals surface area contributed by atoms with E-state index in [4.69, 9.17) is 0 Å². The topological polar surface area (TPSA) is 66.9 Å². The number of anilines is 2. The first-order valence-electron chi connectivity index (χ1n) is 9.97. The van der Waals surface area contributed by atoms with Crippen LogP contribution in [-0.4, -0.2) is 22.1 Å². The van der Waals surface area contributed by atoms with Gasteiger partial charge in [-0.05, 0) is 65.9 Å². The number of rotatable bonds is 7. The number of hydrogen-bond acceptors (Lipinski definition) is 5. The number of nitrogens with one attached hydrogen (secondary N) is 2. The number of carbonyl (C=O) groups is 1. The molecule has 0 bridgehead atoms. The summed E-state index contributed by atoms with van der Waals surface area (Å²) in [7, 11) is 0. The highest BCUT2D eigenvalue weighted by molar-refractivity contribution is 7.98. The smallest absolute Gasteiger partial charge is 0.251 e. The first-order chi connectivity index (χ1) is 15.6. The Kier molecular flexibility index (Phi) is 6.77. The third kappa shape index (κ3) is 5.50. The van der Waals surface area contributed by atoms with Gasteiger partial charge in [0, 0.05) is 40.6 Å². The van der Waals surface area contributed by atoms with Gasteiger partial charge in [0.15, 0.2) is 0 Å². The van der Waals surface area contributed by atoms with E-state index in [2.05, 4.69) is 20.6 Å². The van der Waals surface area contributed by atoms with Gasteiger partial charge >= 0.3 is 0 Å². The fraction of sp³-hybridized carbons (Fsp3) is 0.0800. The second-order valence-corrected chi connectivity index (χ2v) is 7.92. The molecule has 4 aromatic rings. The minimum atomic E-state index is -0.303. The number of thioether (sulfide) groups is 1. The van der Waals surface area contributed by atoms with Gasteiger partial charge in [-0.25, -0.2) is 14.4 Å². The molecule has 0 unspecified atom stereocenters. The molecule has 0 fully saturated rings. The van der Waals surface area contributed by atoms with E-state index in [9.17, 15) is 9.18 Å². The quantitative estimate of drug-likeness (QED) is 0.359. The molecule has 32 heavy (non-hydrogen) atoms. The number of hydrogen-bond donors (Lipinski definition) is 2. The molecule has 4 rings (SSSR count). The Bertz CT molecular complexity index is 1200. The summed E-state index contributed by atoms with van der Waals surface area (Å²) in [6, 6.07) is 21.5. The minimum absolute atomic E-state index is 0.138. The summed E-state index contributed by atoms with van der Waals surface area (Å²) in [4.78, 5) is 22.2. The van der Waals surface area contributed by atoms with Crippen LogP contribution in [0.4, 0.5) is 16.0 Å². The molecule has 3 aromatic carbocycles. The minimum Gasteiger partial charge on any atom is -0.348 e. The van der Waals surface area contributed by atoms with Crippen molar-refractivity contribution in [2.75, 3.05) is 11.6 Å². The van der Waals surface area contributed by atoms with E-state index in [1.807, 2.05) is 30.5 Å². The van der Waals surface area contributed by atoms with Gasteiger partial charge in [-0.15, -0.1) is 11.8 Å². The second-order valence-electron chi connectivity index (χ2n) is 7.04. The largest absolute Gasteiger partial charge is 0.348 e. The standard InChI is InChI=1S/C25H21FN4OS/c1-32-23-11-5-17(6-12-23)14-27-24(31)18-7-9-22(10-8-18)30-25-28-15-20(16-29-25)19-3-2-4-21(26)13-19/h2-13,15-16H,14H2,1H3,(H,27,31)(H,28,29,30). The Labute approximate surface area is 190 Å². The van der Waals surface area contributed by atoms with Gasteiger partial charge in [0.2, 0.25) is 5.95 Å². The van der Waals surface area contributed by atoms with Crippen LogP contribution in [-0.2, 0) is 6.54 Å². The molecule has 0 aliphatic heterocycles. The summed E-state index contributed by atoms with van der Waals surface area (Å²) in [5, 5.41) is 6.03. The Balaban J connectivity index is 1.34. The second kappa shape index (κ2) is 10.1. The number of aromatic nitrogens is 2. The van der Waals surface area contributed by atoms with Gasteiger partial charge < -0.3 is 10.6 Å². The summed E-state index contributed by atoms with van der Waals surface area (Å²) in [5.74, 6) is -0.0282. The Hall–Kier alpha value is -3.71. The maximum atomic E-state index is 13.4. The third-order valence-electron chi connectivity index (χ3n) is 4.83. The monoisotopic (exact) mass is 444 g/mol. The van der Waals surface area contributed by atoms with Crippen molar-refractivity contribution in [2.45, 2.75) is 11.4 Å². The molecule has 160 valence electrons. The fourth-order valence-corrected chi connectivity index (χ4v) is 3.48. The van der Waals surface area contributed by atoms with Crippen molar-refractivity contribution in [1.29, 1.82) is 0 Å². The molecule has 1 amide bonds. The zero-order chi connectivity index (χ0) is 22.3. The lowest BCUT2D eigenvalue weighted by atomic mass is 10.1. The summed E-state index contributed by atoms with van der Waals surface area (Å²) < 4.78 is 13.4. The van der Waals surface area contributed by atoms with E-state index in [1.165, 1.54) is 17.0 Å². The Morgan fingerprint density at radius 2 is 1.66 bits per heavy atom. The number of carbonyl (C=O) groups excluding carboxylic acids is 1. The van der Waals surface area contributed by atoms with Crippen molar-refractivity contribution in [1.82, 2.24) is 15.3 Å². The average Bonchev–Trinajstić information content (AvgIpc) is 2.84. The predicted octanol–water partition coefficient (Wildman–Crippen LogP) is 5.68. The number of halogens is 1. The molecule has 1 aromatic heterocycles. The van der Waals surface area contributed by atoms with Crippen LogP contribution in [0.5, 0.6) is 0 Å². The highest BCUT2D eigenvalue weighted by atomic mass is 32.2. The molecule has 0 aliphatic rings. The van der Waals surface area contributed by atoms with Crippen molar-refractivity contribution in [3.63, 3.8) is 0 Å². The van der Waals surface area contributed by atoms with E-state index in [-0.39, 0.29) is 11.7 Å². The van der Waals surface area contributed by atoms with Crippen molar-refractivity contribution >= 4 is 29.3 Å². The van der Waals surface area contributed by atoms with Crippen LogP contribution in [0.25, 0.3) is 11.1 Å². The molecule has 0 saturated heterocycles. The van der Waals surface area contributed by atoms with Gasteiger partial charge in [0.1, 0.15) is 5.82 Å².